The van der Waals surface area contributed by atoms with Gasteiger partial charge in [0.1, 0.15) is 9.84 Å². The minimum atomic E-state index is -2.85. The highest BCUT2D eigenvalue weighted by atomic mass is 32.2. The molecule has 0 aromatic carbocycles. The predicted molar refractivity (Wildman–Crippen MR) is 33.4 cm³/mol. The summed E-state index contributed by atoms with van der Waals surface area (Å²) in [5.41, 5.74) is 5.20. The highest BCUT2D eigenvalue weighted by molar-refractivity contribution is 7.90. The number of nitrogens with two attached hydrogens (primary N) is 1. The molecule has 2 N–H and O–H groups in total. The Balaban J connectivity index is 3.75. The molecule has 0 radical (unpaired) electrons. The van der Waals surface area contributed by atoms with Crippen LogP contribution in [0.1, 0.15) is 6.92 Å². The lowest BCUT2D eigenvalue weighted by atomic mass is 10.4. The normalized spacial score (nSPS) is 15.9. The van der Waals surface area contributed by atoms with Crippen molar-refractivity contribution in [1.82, 2.24) is 0 Å². The highest BCUT2D eigenvalue weighted by Gasteiger charge is 2.03. The molecule has 0 spiro atoms. The molecule has 8 heavy (non-hydrogen) atoms. The molecule has 0 rings (SSSR count). The molecular formula is C4H11NO2S. The van der Waals surface area contributed by atoms with Crippen molar-refractivity contribution in [2.45, 2.75) is 13.0 Å². The van der Waals surface area contributed by atoms with Gasteiger partial charge in [-0.05, 0) is 6.92 Å². The third-order valence-electron chi connectivity index (χ3n) is 0.566. The molecule has 0 aromatic rings. The van der Waals surface area contributed by atoms with Gasteiger partial charge in [0.2, 0.25) is 0 Å². The smallest absolute Gasteiger partial charge is 0.148 e. The van der Waals surface area contributed by atoms with E-state index in [0.29, 0.717) is 0 Å². The maximum atomic E-state index is 10.4. The van der Waals surface area contributed by atoms with E-state index in [0.717, 1.165) is 0 Å². The second-order valence-corrected chi connectivity index (χ2v) is 4.25. The van der Waals surface area contributed by atoms with Gasteiger partial charge in [0.25, 0.3) is 0 Å². The van der Waals surface area contributed by atoms with E-state index in [9.17, 15) is 8.42 Å². The van der Waals surface area contributed by atoms with Gasteiger partial charge in [0.15, 0.2) is 0 Å². The van der Waals surface area contributed by atoms with Crippen molar-refractivity contribution in [2.75, 3.05) is 12.0 Å². The van der Waals surface area contributed by atoms with Gasteiger partial charge in [-0.15, -0.1) is 0 Å². The lowest BCUT2D eigenvalue weighted by molar-refractivity contribution is 0.596. The molecule has 0 aliphatic carbocycles. The van der Waals surface area contributed by atoms with Crippen molar-refractivity contribution < 1.29 is 8.42 Å². The zero-order valence-corrected chi connectivity index (χ0v) is 5.90. The van der Waals surface area contributed by atoms with Gasteiger partial charge in [0.05, 0.1) is 5.75 Å². The molecule has 0 aromatic heterocycles. The fraction of sp³-hybridized carbons (Fsp3) is 1.00. The van der Waals surface area contributed by atoms with E-state index in [-0.39, 0.29) is 11.8 Å². The van der Waals surface area contributed by atoms with Gasteiger partial charge in [-0.2, -0.15) is 0 Å². The van der Waals surface area contributed by atoms with Crippen LogP contribution in [0, 0.1) is 0 Å². The van der Waals surface area contributed by atoms with Crippen LogP contribution >= 0.6 is 0 Å². The fourth-order valence-corrected chi connectivity index (χ4v) is 1.43. The third kappa shape index (κ3) is 5.91. The highest BCUT2D eigenvalue weighted by Crippen LogP contribution is 1.84. The zero-order chi connectivity index (χ0) is 6.78. The molecule has 3 nitrogen and oxygen atoms in total. The maximum Gasteiger partial charge on any atom is 0.148 e. The number of rotatable bonds is 2. The summed E-state index contributed by atoms with van der Waals surface area (Å²) >= 11 is 0. The quantitative estimate of drug-likeness (QED) is 0.551. The summed E-state index contributed by atoms with van der Waals surface area (Å²) < 4.78 is 20.7. The Kier molecular flexibility index (Phi) is 2.43. The Hall–Kier alpha value is -0.0900. The van der Waals surface area contributed by atoms with Crippen LogP contribution in [-0.2, 0) is 9.84 Å². The second kappa shape index (κ2) is 2.46. The molecule has 50 valence electrons. The number of hydrogen-bond acceptors (Lipinski definition) is 3. The van der Waals surface area contributed by atoms with Crippen LogP contribution in [0.25, 0.3) is 0 Å². The summed E-state index contributed by atoms with van der Waals surface area (Å²) in [4.78, 5) is 0. The molecule has 0 saturated heterocycles. The number of sulfone groups is 1. The van der Waals surface area contributed by atoms with Crippen LogP contribution in [0.15, 0.2) is 0 Å². The van der Waals surface area contributed by atoms with Gasteiger partial charge in [0, 0.05) is 12.3 Å². The van der Waals surface area contributed by atoms with E-state index >= 15 is 0 Å². The van der Waals surface area contributed by atoms with Crippen LogP contribution in [0.4, 0.5) is 0 Å². The molecule has 0 bridgehead atoms. The van der Waals surface area contributed by atoms with E-state index in [1.165, 1.54) is 6.26 Å². The zero-order valence-electron chi connectivity index (χ0n) is 5.09. The largest absolute Gasteiger partial charge is 0.327 e. The van der Waals surface area contributed by atoms with Crippen LogP contribution < -0.4 is 5.73 Å². The Morgan fingerprint density at radius 2 is 2.00 bits per heavy atom. The SMILES string of the molecule is C[C@H](N)CS(C)(=O)=O. The van der Waals surface area contributed by atoms with Gasteiger partial charge in [-0.1, -0.05) is 0 Å². The molecule has 4 heteroatoms. The first-order valence-corrected chi connectivity index (χ1v) is 4.41. The topological polar surface area (TPSA) is 60.2 Å². The van der Waals surface area contributed by atoms with Gasteiger partial charge in [-0.25, -0.2) is 8.42 Å². The lowest BCUT2D eigenvalue weighted by Gasteiger charge is -1.99. The lowest BCUT2D eigenvalue weighted by Crippen LogP contribution is -2.25. The van der Waals surface area contributed by atoms with Gasteiger partial charge >= 0.3 is 0 Å². The first-order chi connectivity index (χ1) is 3.42. The fourth-order valence-electron chi connectivity index (χ4n) is 0.478. The van der Waals surface area contributed by atoms with E-state index in [1.54, 1.807) is 6.92 Å². The van der Waals surface area contributed by atoms with Crippen molar-refractivity contribution in [1.29, 1.82) is 0 Å². The Morgan fingerprint density at radius 3 is 2.00 bits per heavy atom. The third-order valence-corrected chi connectivity index (χ3v) is 1.70. The van der Waals surface area contributed by atoms with Gasteiger partial charge in [-0.3, -0.25) is 0 Å². The van der Waals surface area contributed by atoms with Crippen LogP contribution in [-0.4, -0.2) is 26.5 Å². The summed E-state index contributed by atoms with van der Waals surface area (Å²) in [5.74, 6) is 0.0764. The molecular weight excluding hydrogens is 126 g/mol. The Morgan fingerprint density at radius 1 is 1.62 bits per heavy atom. The number of hydrogen-bond donors (Lipinski definition) is 1. The van der Waals surface area contributed by atoms with Crippen molar-refractivity contribution in [2.24, 2.45) is 5.73 Å². The first kappa shape index (κ1) is 7.91. The summed E-state index contributed by atoms with van der Waals surface area (Å²) in [6.07, 6.45) is 1.18. The second-order valence-electron chi connectivity index (χ2n) is 2.07. The molecule has 0 heterocycles. The first-order valence-electron chi connectivity index (χ1n) is 2.35. The standard InChI is InChI=1S/C4H11NO2S/c1-4(5)3-8(2,6)7/h4H,3,5H2,1-2H3/t4-/m0/s1. The molecule has 0 aliphatic rings. The molecule has 0 saturated carbocycles. The van der Waals surface area contributed by atoms with Crippen molar-refractivity contribution in [3.63, 3.8) is 0 Å². The molecule has 0 fully saturated rings. The van der Waals surface area contributed by atoms with Crippen LogP contribution in [0.2, 0.25) is 0 Å². The summed E-state index contributed by atoms with van der Waals surface area (Å²) in [7, 11) is -2.85. The Labute approximate surface area is 49.8 Å². The summed E-state index contributed by atoms with van der Waals surface area (Å²) in [5, 5.41) is 0. The molecule has 1 atom stereocenters. The molecule has 0 unspecified atom stereocenters. The van der Waals surface area contributed by atoms with E-state index in [2.05, 4.69) is 0 Å². The minimum Gasteiger partial charge on any atom is -0.327 e. The monoisotopic (exact) mass is 137 g/mol. The average molecular weight is 137 g/mol. The summed E-state index contributed by atoms with van der Waals surface area (Å²) in [6, 6.07) is -0.245. The van der Waals surface area contributed by atoms with Crippen molar-refractivity contribution in [3.05, 3.63) is 0 Å². The molecule has 0 amide bonds. The predicted octanol–water partition coefficient (Wildman–Crippen LogP) is -0.622. The van der Waals surface area contributed by atoms with Crippen molar-refractivity contribution in [3.8, 4) is 0 Å². The minimum absolute atomic E-state index is 0.0764. The van der Waals surface area contributed by atoms with Crippen LogP contribution in [0.3, 0.4) is 0 Å². The summed E-state index contributed by atoms with van der Waals surface area (Å²) in [6.45, 7) is 1.67. The maximum absolute atomic E-state index is 10.4. The van der Waals surface area contributed by atoms with Crippen molar-refractivity contribution >= 4 is 9.84 Å². The molecule has 0 aliphatic heterocycles. The van der Waals surface area contributed by atoms with E-state index < -0.39 is 9.84 Å². The van der Waals surface area contributed by atoms with E-state index in [4.69, 9.17) is 5.73 Å². The van der Waals surface area contributed by atoms with E-state index in [1.807, 2.05) is 0 Å². The Bertz CT molecular complexity index is 147. The van der Waals surface area contributed by atoms with Gasteiger partial charge < -0.3 is 5.73 Å². The average Bonchev–Trinajstić information content (AvgIpc) is 1.21. The van der Waals surface area contributed by atoms with Crippen LogP contribution in [0.5, 0.6) is 0 Å².